The summed E-state index contributed by atoms with van der Waals surface area (Å²) in [5.74, 6) is 0.276. The van der Waals surface area contributed by atoms with Gasteiger partial charge in [0.2, 0.25) is 0 Å². The van der Waals surface area contributed by atoms with Crippen LogP contribution in [0.3, 0.4) is 0 Å². The smallest absolute Gasteiger partial charge is 0.352 e. The summed E-state index contributed by atoms with van der Waals surface area (Å²) < 4.78 is 22.9. The second-order valence-electron chi connectivity index (χ2n) is 9.38. The molecule has 0 radical (unpaired) electrons. The van der Waals surface area contributed by atoms with Gasteiger partial charge in [-0.25, -0.2) is 4.79 Å². The fourth-order valence-electron chi connectivity index (χ4n) is 6.21. The Bertz CT molecular complexity index is 1040. The number of benzene rings is 1. The van der Waals surface area contributed by atoms with Gasteiger partial charge in [0.1, 0.15) is 5.76 Å². The van der Waals surface area contributed by atoms with Gasteiger partial charge >= 0.3 is 11.9 Å². The molecular formula is C24H30N2O7. The number of hydrogen-bond donors (Lipinski definition) is 2. The highest BCUT2D eigenvalue weighted by molar-refractivity contribution is 5.80. The molecule has 9 nitrogen and oxygen atoms in total. The molecule has 3 N–H and O–H groups in total. The number of nitrogens with zero attached hydrogens (tertiary/aromatic N) is 1. The van der Waals surface area contributed by atoms with E-state index in [2.05, 4.69) is 4.90 Å². The van der Waals surface area contributed by atoms with E-state index in [1.165, 1.54) is 6.92 Å². The zero-order valence-corrected chi connectivity index (χ0v) is 19.1. The van der Waals surface area contributed by atoms with Crippen molar-refractivity contribution >= 4 is 11.9 Å². The second-order valence-corrected chi connectivity index (χ2v) is 9.38. The van der Waals surface area contributed by atoms with E-state index in [1.807, 2.05) is 19.2 Å². The van der Waals surface area contributed by atoms with Gasteiger partial charge < -0.3 is 34.7 Å². The van der Waals surface area contributed by atoms with Crippen molar-refractivity contribution < 1.29 is 33.6 Å². The Balaban J connectivity index is 1.53. The van der Waals surface area contributed by atoms with Crippen LogP contribution in [0.25, 0.3) is 0 Å². The monoisotopic (exact) mass is 458 g/mol. The molecule has 2 aliphatic heterocycles. The molecule has 33 heavy (non-hydrogen) atoms. The Kier molecular flexibility index (Phi) is 5.19. The zero-order valence-electron chi connectivity index (χ0n) is 19.1. The van der Waals surface area contributed by atoms with Gasteiger partial charge in [0, 0.05) is 24.6 Å². The van der Waals surface area contributed by atoms with Gasteiger partial charge in [0.25, 0.3) is 0 Å². The van der Waals surface area contributed by atoms with Crippen LogP contribution in [0, 0.1) is 0 Å². The predicted octanol–water partition coefficient (Wildman–Crippen LogP) is 0.797. The molecular weight excluding hydrogens is 428 g/mol. The van der Waals surface area contributed by atoms with Crippen molar-refractivity contribution in [1.82, 2.24) is 4.90 Å². The van der Waals surface area contributed by atoms with Crippen LogP contribution >= 0.6 is 0 Å². The number of nitrogens with two attached hydrogens (primary N) is 1. The maximum Gasteiger partial charge on any atom is 0.352 e. The number of esters is 2. The first-order valence-electron chi connectivity index (χ1n) is 11.4. The summed E-state index contributed by atoms with van der Waals surface area (Å²) in [5, 5.41) is 12.2. The topological polar surface area (TPSA) is 121 Å². The minimum Gasteiger partial charge on any atom is -0.493 e. The molecule has 5 rings (SSSR count). The fraction of sp³-hybridized carbons (Fsp3) is 0.583. The Labute approximate surface area is 192 Å². The van der Waals surface area contributed by atoms with Crippen LogP contribution in [0.4, 0.5) is 0 Å². The van der Waals surface area contributed by atoms with Gasteiger partial charge in [0.05, 0.1) is 24.5 Å². The molecule has 0 amide bonds. The molecule has 0 unspecified atom stereocenters. The van der Waals surface area contributed by atoms with Crippen LogP contribution in [0.15, 0.2) is 24.0 Å². The summed E-state index contributed by atoms with van der Waals surface area (Å²) in [6.07, 6.45) is 1.66. The molecule has 9 heteroatoms. The minimum absolute atomic E-state index is 0.0228. The first kappa shape index (κ1) is 22.2. The molecule has 4 aliphatic rings. The third kappa shape index (κ3) is 2.95. The van der Waals surface area contributed by atoms with Crippen LogP contribution in [-0.4, -0.2) is 73.0 Å². The highest BCUT2D eigenvalue weighted by atomic mass is 16.6. The maximum absolute atomic E-state index is 12.8. The lowest BCUT2D eigenvalue weighted by Gasteiger charge is -2.61. The van der Waals surface area contributed by atoms with Gasteiger partial charge in [-0.1, -0.05) is 6.07 Å². The normalized spacial score (nSPS) is 32.2. The van der Waals surface area contributed by atoms with E-state index in [0.717, 1.165) is 17.7 Å². The molecule has 5 atom stereocenters. The number of likely N-dealkylation sites (tertiary alicyclic amines) is 1. The van der Waals surface area contributed by atoms with Crippen LogP contribution in [0.5, 0.6) is 11.5 Å². The Morgan fingerprint density at radius 3 is 2.91 bits per heavy atom. The average Bonchev–Trinajstić information content (AvgIpc) is 3.13. The summed E-state index contributed by atoms with van der Waals surface area (Å²) in [6.45, 7) is 2.38. The van der Waals surface area contributed by atoms with Crippen LogP contribution in [0.1, 0.15) is 37.3 Å². The number of likely N-dealkylation sites (N-methyl/N-ethyl adjacent to an activating group) is 1. The highest BCUT2D eigenvalue weighted by Crippen LogP contribution is 2.65. The molecule has 1 fully saturated rings. The third-order valence-electron chi connectivity index (χ3n) is 7.77. The maximum atomic E-state index is 12.8. The molecule has 1 aromatic carbocycles. The van der Waals surface area contributed by atoms with E-state index in [4.69, 9.17) is 24.7 Å². The largest absolute Gasteiger partial charge is 0.493 e. The molecule has 2 heterocycles. The number of hydrogen-bond acceptors (Lipinski definition) is 9. The molecule has 0 aromatic heterocycles. The lowest BCUT2D eigenvalue weighted by molar-refractivity contribution is -0.175. The molecule has 0 saturated carbocycles. The number of carbonyl (C=O) groups is 2. The Morgan fingerprint density at radius 2 is 2.18 bits per heavy atom. The van der Waals surface area contributed by atoms with E-state index in [1.54, 1.807) is 13.2 Å². The second kappa shape index (κ2) is 7.72. The Morgan fingerprint density at radius 1 is 1.39 bits per heavy atom. The van der Waals surface area contributed by atoms with Crippen LogP contribution < -0.4 is 15.2 Å². The van der Waals surface area contributed by atoms with E-state index >= 15 is 0 Å². The molecule has 1 saturated heterocycles. The summed E-state index contributed by atoms with van der Waals surface area (Å²) in [5.41, 5.74) is 5.61. The highest BCUT2D eigenvalue weighted by Gasteiger charge is 2.72. The van der Waals surface area contributed by atoms with Gasteiger partial charge in [0.15, 0.2) is 23.7 Å². The zero-order chi connectivity index (χ0) is 23.5. The van der Waals surface area contributed by atoms with E-state index in [9.17, 15) is 14.7 Å². The van der Waals surface area contributed by atoms with Gasteiger partial charge in [-0.3, -0.25) is 4.79 Å². The van der Waals surface area contributed by atoms with Crippen molar-refractivity contribution in [2.75, 3.05) is 27.2 Å². The van der Waals surface area contributed by atoms with E-state index < -0.39 is 35.2 Å². The van der Waals surface area contributed by atoms with E-state index in [0.29, 0.717) is 36.5 Å². The van der Waals surface area contributed by atoms with Crippen molar-refractivity contribution in [3.05, 3.63) is 35.1 Å². The molecule has 1 spiro atoms. The molecule has 2 aliphatic carbocycles. The molecule has 178 valence electrons. The lowest BCUT2D eigenvalue weighted by atomic mass is 9.50. The summed E-state index contributed by atoms with van der Waals surface area (Å²) in [7, 11) is 3.62. The van der Waals surface area contributed by atoms with Crippen molar-refractivity contribution in [2.45, 2.75) is 61.9 Å². The number of ether oxygens (including phenoxy) is 4. The first-order valence-corrected chi connectivity index (χ1v) is 11.4. The first-order chi connectivity index (χ1) is 15.8. The van der Waals surface area contributed by atoms with Crippen molar-refractivity contribution in [1.29, 1.82) is 0 Å². The van der Waals surface area contributed by atoms with Crippen molar-refractivity contribution in [2.24, 2.45) is 5.73 Å². The predicted molar refractivity (Wildman–Crippen MR) is 117 cm³/mol. The van der Waals surface area contributed by atoms with Gasteiger partial charge in [-0.05, 0) is 51.1 Å². The summed E-state index contributed by atoms with van der Waals surface area (Å²) in [6, 6.07) is 3.84. The van der Waals surface area contributed by atoms with Gasteiger partial charge in [-0.15, -0.1) is 0 Å². The van der Waals surface area contributed by atoms with Gasteiger partial charge in [-0.2, -0.15) is 0 Å². The molecule has 2 bridgehead atoms. The standard InChI is InChI=1S/C24H30N2O7/c1-13(31-18(27)7-10-25)22(28)32-16-6-8-24(29)17-12-14-4-5-15(30-3)20-19(14)23(24,21(16)33-20)9-11-26(17)2/h4-6,13,17,21,29H,7-12,25H2,1-3H3/t13-,17-,21+,23+,24-/m0/s1. The SMILES string of the molecule is COc1ccc2c3c1O[C@@H]1C(OC(=O)[C@H](C)OC(=O)CCN)=CC[C@]4(O)[C@H](C2)N(C)CC[C@@]314. The number of piperidine rings is 1. The fourth-order valence-corrected chi connectivity index (χ4v) is 6.21. The third-order valence-corrected chi connectivity index (χ3v) is 7.77. The minimum atomic E-state index is -1.09. The number of rotatable bonds is 6. The van der Waals surface area contributed by atoms with E-state index in [-0.39, 0.29) is 19.0 Å². The Hall–Kier alpha value is -2.62. The number of carbonyl (C=O) groups excluding carboxylic acids is 2. The number of aliphatic hydroxyl groups is 1. The lowest BCUT2D eigenvalue weighted by Crippen LogP contribution is -2.74. The van der Waals surface area contributed by atoms with Crippen LogP contribution in [-0.2, 0) is 30.9 Å². The van der Waals surface area contributed by atoms with Crippen LogP contribution in [0.2, 0.25) is 0 Å². The summed E-state index contributed by atoms with van der Waals surface area (Å²) in [4.78, 5) is 26.7. The quantitative estimate of drug-likeness (QED) is 0.596. The molecule has 1 aromatic rings. The average molecular weight is 459 g/mol. The van der Waals surface area contributed by atoms with Crippen molar-refractivity contribution in [3.8, 4) is 11.5 Å². The van der Waals surface area contributed by atoms with Crippen molar-refractivity contribution in [3.63, 3.8) is 0 Å². The summed E-state index contributed by atoms with van der Waals surface area (Å²) >= 11 is 0. The number of methoxy groups -OCH3 is 1.